The van der Waals surface area contributed by atoms with Crippen LogP contribution in [0.3, 0.4) is 0 Å². The summed E-state index contributed by atoms with van der Waals surface area (Å²) in [6.07, 6.45) is 1.44. The highest BCUT2D eigenvalue weighted by Gasteiger charge is 2.21. The van der Waals surface area contributed by atoms with Crippen molar-refractivity contribution in [3.05, 3.63) is 65.0 Å². The number of carbonyl (C=O) groups is 2. The highest BCUT2D eigenvalue weighted by Crippen LogP contribution is 2.25. The number of hydrogen-bond acceptors (Lipinski definition) is 3. The first-order valence-corrected chi connectivity index (χ1v) is 8.04. The molecule has 0 aromatic heterocycles. The quantitative estimate of drug-likeness (QED) is 0.875. The minimum atomic E-state index is -0.971. The van der Waals surface area contributed by atoms with Crippen molar-refractivity contribution < 1.29 is 23.8 Å². The van der Waals surface area contributed by atoms with Crippen LogP contribution in [0.25, 0.3) is 0 Å². The van der Waals surface area contributed by atoms with Gasteiger partial charge in [-0.15, -0.1) is 0 Å². The number of aryl methyl sites for hydroxylation is 1. The van der Waals surface area contributed by atoms with Crippen LogP contribution in [-0.2, 0) is 17.6 Å². The molecular formula is C19H18FNO4. The maximum absolute atomic E-state index is 13.2. The lowest BCUT2D eigenvalue weighted by Gasteiger charge is -2.26. The molecule has 3 rings (SSSR count). The molecule has 1 aliphatic heterocycles. The smallest absolute Gasteiger partial charge is 0.335 e. The van der Waals surface area contributed by atoms with Gasteiger partial charge in [0.1, 0.15) is 18.2 Å². The van der Waals surface area contributed by atoms with Gasteiger partial charge in [0.2, 0.25) is 5.91 Å². The molecule has 5 nitrogen and oxygen atoms in total. The van der Waals surface area contributed by atoms with E-state index >= 15 is 0 Å². The molecule has 0 aliphatic carbocycles. The van der Waals surface area contributed by atoms with Crippen LogP contribution in [0, 0.1) is 5.82 Å². The molecule has 1 heterocycles. The average molecular weight is 343 g/mol. The first-order valence-electron chi connectivity index (χ1n) is 8.04. The Labute approximate surface area is 144 Å². The van der Waals surface area contributed by atoms with E-state index in [1.807, 2.05) is 0 Å². The minimum absolute atomic E-state index is 0.0959. The molecule has 0 bridgehead atoms. The van der Waals surface area contributed by atoms with Gasteiger partial charge in [-0.3, -0.25) is 4.79 Å². The average Bonchev–Trinajstić information content (AvgIpc) is 2.60. The fourth-order valence-corrected chi connectivity index (χ4v) is 2.81. The van der Waals surface area contributed by atoms with Crippen molar-refractivity contribution in [1.29, 1.82) is 0 Å². The third kappa shape index (κ3) is 4.35. The van der Waals surface area contributed by atoms with Crippen molar-refractivity contribution in [3.8, 4) is 5.75 Å². The predicted molar refractivity (Wildman–Crippen MR) is 89.3 cm³/mol. The van der Waals surface area contributed by atoms with Gasteiger partial charge >= 0.3 is 5.97 Å². The van der Waals surface area contributed by atoms with Crippen LogP contribution in [-0.4, -0.2) is 29.6 Å². The number of carboxylic acids is 1. The Hall–Kier alpha value is -2.89. The van der Waals surface area contributed by atoms with Crippen LogP contribution in [0.1, 0.15) is 27.9 Å². The molecule has 2 N–H and O–H groups in total. The Morgan fingerprint density at radius 3 is 2.68 bits per heavy atom. The summed E-state index contributed by atoms with van der Waals surface area (Å²) >= 11 is 0. The van der Waals surface area contributed by atoms with Crippen molar-refractivity contribution >= 4 is 11.9 Å². The van der Waals surface area contributed by atoms with Gasteiger partial charge in [-0.05, 0) is 42.2 Å². The zero-order valence-corrected chi connectivity index (χ0v) is 13.5. The van der Waals surface area contributed by atoms with Gasteiger partial charge in [0, 0.05) is 12.5 Å². The van der Waals surface area contributed by atoms with E-state index in [0.29, 0.717) is 31.6 Å². The molecule has 2 aromatic rings. The fourth-order valence-electron chi connectivity index (χ4n) is 2.81. The molecule has 1 aliphatic rings. The SMILES string of the molecule is O=C(CCc1ccc(C(=O)O)cc1)NC1COc2cc(F)ccc2C1. The third-order valence-electron chi connectivity index (χ3n) is 4.14. The Balaban J connectivity index is 1.50. The Kier molecular flexibility index (Phi) is 4.97. The van der Waals surface area contributed by atoms with E-state index in [0.717, 1.165) is 11.1 Å². The molecule has 25 heavy (non-hydrogen) atoms. The van der Waals surface area contributed by atoms with Crippen LogP contribution in [0.5, 0.6) is 5.75 Å². The number of rotatable bonds is 5. The molecule has 1 atom stereocenters. The van der Waals surface area contributed by atoms with Gasteiger partial charge in [-0.2, -0.15) is 0 Å². The second-order valence-electron chi connectivity index (χ2n) is 6.03. The van der Waals surface area contributed by atoms with Gasteiger partial charge in [0.15, 0.2) is 0 Å². The molecule has 130 valence electrons. The summed E-state index contributed by atoms with van der Waals surface area (Å²) in [4.78, 5) is 22.9. The molecule has 0 saturated carbocycles. The lowest BCUT2D eigenvalue weighted by atomic mass is 10.0. The van der Waals surface area contributed by atoms with E-state index in [-0.39, 0.29) is 23.3 Å². The molecule has 0 radical (unpaired) electrons. The summed E-state index contributed by atoms with van der Waals surface area (Å²) in [5.41, 5.74) is 2.01. The molecule has 0 fully saturated rings. The summed E-state index contributed by atoms with van der Waals surface area (Å²) in [5, 5.41) is 11.8. The van der Waals surface area contributed by atoms with E-state index in [2.05, 4.69) is 5.32 Å². The van der Waals surface area contributed by atoms with E-state index in [9.17, 15) is 14.0 Å². The number of ether oxygens (including phenoxy) is 1. The highest BCUT2D eigenvalue weighted by atomic mass is 19.1. The molecule has 1 unspecified atom stereocenters. The van der Waals surface area contributed by atoms with Crippen molar-refractivity contribution in [2.45, 2.75) is 25.3 Å². The maximum atomic E-state index is 13.2. The Bertz CT molecular complexity index is 789. The molecule has 2 aromatic carbocycles. The van der Waals surface area contributed by atoms with Gasteiger partial charge in [0.25, 0.3) is 0 Å². The first-order chi connectivity index (χ1) is 12.0. The van der Waals surface area contributed by atoms with E-state index in [1.165, 1.54) is 24.3 Å². The molecular weight excluding hydrogens is 325 g/mol. The number of benzene rings is 2. The first kappa shape index (κ1) is 17.0. The predicted octanol–water partition coefficient (Wildman–Crippen LogP) is 2.58. The zero-order chi connectivity index (χ0) is 17.8. The van der Waals surface area contributed by atoms with Crippen LogP contribution in [0.4, 0.5) is 4.39 Å². The second-order valence-corrected chi connectivity index (χ2v) is 6.03. The van der Waals surface area contributed by atoms with E-state index in [4.69, 9.17) is 9.84 Å². The molecule has 1 amide bonds. The maximum Gasteiger partial charge on any atom is 0.335 e. The molecule has 0 spiro atoms. The summed E-state index contributed by atoms with van der Waals surface area (Å²) in [7, 11) is 0. The van der Waals surface area contributed by atoms with Gasteiger partial charge < -0.3 is 15.2 Å². The standard InChI is InChI=1S/C19H18FNO4/c20-15-7-6-14-9-16(11-25-17(14)10-15)21-18(22)8-3-12-1-4-13(5-2-12)19(23)24/h1-2,4-7,10,16H,3,8-9,11H2,(H,21,22)(H,23,24). The van der Waals surface area contributed by atoms with Crippen LogP contribution in [0.15, 0.2) is 42.5 Å². The zero-order valence-electron chi connectivity index (χ0n) is 13.5. The summed E-state index contributed by atoms with van der Waals surface area (Å²) in [6, 6.07) is 10.8. The second kappa shape index (κ2) is 7.34. The number of amides is 1. The number of halogens is 1. The molecule has 6 heteroatoms. The third-order valence-corrected chi connectivity index (χ3v) is 4.14. The Morgan fingerprint density at radius 1 is 1.20 bits per heavy atom. The number of nitrogens with one attached hydrogen (secondary N) is 1. The number of hydrogen-bond donors (Lipinski definition) is 2. The van der Waals surface area contributed by atoms with Gasteiger partial charge in [-0.1, -0.05) is 18.2 Å². The number of carbonyl (C=O) groups excluding carboxylic acids is 1. The molecule has 0 saturated heterocycles. The largest absolute Gasteiger partial charge is 0.491 e. The fraction of sp³-hybridized carbons (Fsp3) is 0.263. The number of aromatic carboxylic acids is 1. The van der Waals surface area contributed by atoms with E-state index < -0.39 is 5.97 Å². The van der Waals surface area contributed by atoms with Crippen molar-refractivity contribution in [2.75, 3.05) is 6.61 Å². The number of carboxylic acid groups (broad SMARTS) is 1. The van der Waals surface area contributed by atoms with Crippen LogP contribution >= 0.6 is 0 Å². The lowest BCUT2D eigenvalue weighted by Crippen LogP contribution is -2.42. The summed E-state index contributed by atoms with van der Waals surface area (Å²) in [5.74, 6) is -0.873. The van der Waals surface area contributed by atoms with Gasteiger partial charge in [0.05, 0.1) is 11.6 Å². The topological polar surface area (TPSA) is 75.6 Å². The van der Waals surface area contributed by atoms with Crippen LogP contribution < -0.4 is 10.1 Å². The minimum Gasteiger partial charge on any atom is -0.491 e. The Morgan fingerprint density at radius 2 is 1.96 bits per heavy atom. The van der Waals surface area contributed by atoms with E-state index in [1.54, 1.807) is 18.2 Å². The summed E-state index contributed by atoms with van der Waals surface area (Å²) < 4.78 is 18.7. The van der Waals surface area contributed by atoms with Gasteiger partial charge in [-0.25, -0.2) is 9.18 Å². The van der Waals surface area contributed by atoms with Crippen molar-refractivity contribution in [2.24, 2.45) is 0 Å². The van der Waals surface area contributed by atoms with Crippen molar-refractivity contribution in [3.63, 3.8) is 0 Å². The highest BCUT2D eigenvalue weighted by molar-refractivity contribution is 5.87. The normalized spacial score (nSPS) is 15.8. The monoisotopic (exact) mass is 343 g/mol. The van der Waals surface area contributed by atoms with Crippen LogP contribution in [0.2, 0.25) is 0 Å². The summed E-state index contributed by atoms with van der Waals surface area (Å²) in [6.45, 7) is 0.315. The lowest BCUT2D eigenvalue weighted by molar-refractivity contribution is -0.122. The number of fused-ring (bicyclic) bond motifs is 1. The van der Waals surface area contributed by atoms with Crippen molar-refractivity contribution in [1.82, 2.24) is 5.32 Å².